The van der Waals surface area contributed by atoms with Crippen molar-refractivity contribution in [3.05, 3.63) is 48.0 Å². The molecule has 0 heterocycles. The summed E-state index contributed by atoms with van der Waals surface area (Å²) in [7, 11) is 2.98. The maximum atomic E-state index is 12.1. The van der Waals surface area contributed by atoms with Crippen molar-refractivity contribution >= 4 is 29.2 Å². The molecule has 0 saturated heterocycles. The van der Waals surface area contributed by atoms with E-state index in [9.17, 15) is 14.4 Å². The summed E-state index contributed by atoms with van der Waals surface area (Å²) >= 11 is 0. The zero-order valence-electron chi connectivity index (χ0n) is 15.2. The number of hydrogen-bond donors (Lipinski definition) is 2. The summed E-state index contributed by atoms with van der Waals surface area (Å²) in [5, 5.41) is 5.17. The Morgan fingerprint density at radius 2 is 1.74 bits per heavy atom. The van der Waals surface area contributed by atoms with E-state index in [1.165, 1.54) is 33.3 Å². The predicted molar refractivity (Wildman–Crippen MR) is 99.2 cm³/mol. The molecule has 0 aromatic heterocycles. The number of methoxy groups -OCH3 is 2. The first-order valence-electron chi connectivity index (χ1n) is 7.99. The number of carbonyl (C=O) groups excluding carboxylic acids is 3. The van der Waals surface area contributed by atoms with Gasteiger partial charge in [0.25, 0.3) is 5.91 Å². The minimum atomic E-state index is -0.685. The van der Waals surface area contributed by atoms with Gasteiger partial charge in [-0.15, -0.1) is 0 Å². The highest BCUT2D eigenvalue weighted by Crippen LogP contribution is 2.28. The standard InChI is InChI=1S/C19H20N2O6/c1-12(22)20-14-6-4-5-13(9-14)19(24)27-11-18(23)21-16-10-15(25-2)7-8-17(16)26-3/h4-10H,11H2,1-3H3,(H,20,22)(H,21,23). The molecule has 2 aromatic carbocycles. The molecule has 0 spiro atoms. The molecule has 2 aromatic rings. The van der Waals surface area contributed by atoms with Crippen molar-refractivity contribution in [3.63, 3.8) is 0 Å². The highest BCUT2D eigenvalue weighted by atomic mass is 16.5. The maximum Gasteiger partial charge on any atom is 0.338 e. The van der Waals surface area contributed by atoms with Gasteiger partial charge in [0.15, 0.2) is 6.61 Å². The molecule has 2 N–H and O–H groups in total. The van der Waals surface area contributed by atoms with Gasteiger partial charge in [0.05, 0.1) is 25.5 Å². The molecule has 0 saturated carbocycles. The van der Waals surface area contributed by atoms with Crippen LogP contribution >= 0.6 is 0 Å². The van der Waals surface area contributed by atoms with Crippen LogP contribution < -0.4 is 20.1 Å². The molecule has 0 atom stereocenters. The smallest absolute Gasteiger partial charge is 0.338 e. The van der Waals surface area contributed by atoms with E-state index in [0.717, 1.165) is 0 Å². The van der Waals surface area contributed by atoms with Crippen LogP contribution in [0.3, 0.4) is 0 Å². The highest BCUT2D eigenvalue weighted by molar-refractivity contribution is 5.97. The molecule has 8 heteroatoms. The predicted octanol–water partition coefficient (Wildman–Crippen LogP) is 2.46. The van der Waals surface area contributed by atoms with Crippen LogP contribution in [0.5, 0.6) is 11.5 Å². The average molecular weight is 372 g/mol. The lowest BCUT2D eigenvalue weighted by atomic mass is 10.2. The fraction of sp³-hybridized carbons (Fsp3) is 0.211. The van der Waals surface area contributed by atoms with E-state index in [2.05, 4.69) is 10.6 Å². The molecule has 2 rings (SSSR count). The quantitative estimate of drug-likeness (QED) is 0.724. The second-order valence-electron chi connectivity index (χ2n) is 5.45. The Labute approximate surface area is 156 Å². The first kappa shape index (κ1) is 19.8. The number of carbonyl (C=O) groups is 3. The second kappa shape index (κ2) is 9.23. The van der Waals surface area contributed by atoms with E-state index in [1.807, 2.05) is 0 Å². The van der Waals surface area contributed by atoms with Crippen LogP contribution in [0.25, 0.3) is 0 Å². The van der Waals surface area contributed by atoms with Crippen LogP contribution in [-0.4, -0.2) is 38.6 Å². The SMILES string of the molecule is COc1ccc(OC)c(NC(=O)COC(=O)c2cccc(NC(C)=O)c2)c1. The molecule has 142 valence electrons. The van der Waals surface area contributed by atoms with Gasteiger partial charge in [0.2, 0.25) is 5.91 Å². The molecule has 0 radical (unpaired) electrons. The lowest BCUT2D eigenvalue weighted by molar-refractivity contribution is -0.119. The molecule has 0 aliphatic rings. The van der Waals surface area contributed by atoms with Gasteiger partial charge < -0.3 is 24.8 Å². The third-order valence-corrected chi connectivity index (χ3v) is 3.43. The number of esters is 1. The molecule has 0 unspecified atom stereocenters. The van der Waals surface area contributed by atoms with Crippen molar-refractivity contribution in [2.75, 3.05) is 31.5 Å². The fourth-order valence-corrected chi connectivity index (χ4v) is 2.24. The number of anilines is 2. The summed E-state index contributed by atoms with van der Waals surface area (Å²) in [5.74, 6) is -0.494. The van der Waals surface area contributed by atoms with E-state index in [0.29, 0.717) is 22.9 Å². The first-order chi connectivity index (χ1) is 12.9. The largest absolute Gasteiger partial charge is 0.497 e. The molecule has 2 amide bonds. The van der Waals surface area contributed by atoms with Crippen molar-refractivity contribution in [2.45, 2.75) is 6.92 Å². The number of rotatable bonds is 7. The summed E-state index contributed by atoms with van der Waals surface area (Å²) in [6.45, 7) is 0.881. The van der Waals surface area contributed by atoms with Gasteiger partial charge in [-0.05, 0) is 30.3 Å². The Morgan fingerprint density at radius 3 is 2.41 bits per heavy atom. The van der Waals surface area contributed by atoms with Gasteiger partial charge in [0.1, 0.15) is 11.5 Å². The van der Waals surface area contributed by atoms with Crippen molar-refractivity contribution in [2.24, 2.45) is 0 Å². The van der Waals surface area contributed by atoms with E-state index < -0.39 is 18.5 Å². The highest BCUT2D eigenvalue weighted by Gasteiger charge is 2.13. The van der Waals surface area contributed by atoms with E-state index in [4.69, 9.17) is 14.2 Å². The number of amides is 2. The van der Waals surface area contributed by atoms with Gasteiger partial charge in [-0.25, -0.2) is 4.79 Å². The fourth-order valence-electron chi connectivity index (χ4n) is 2.24. The zero-order valence-corrected chi connectivity index (χ0v) is 15.2. The Hall–Kier alpha value is -3.55. The molecule has 0 aliphatic carbocycles. The van der Waals surface area contributed by atoms with E-state index in [-0.39, 0.29) is 11.5 Å². The molecule has 27 heavy (non-hydrogen) atoms. The van der Waals surface area contributed by atoms with Gasteiger partial charge in [0, 0.05) is 18.7 Å². The Balaban J connectivity index is 1.97. The van der Waals surface area contributed by atoms with Crippen molar-refractivity contribution < 1.29 is 28.6 Å². The third-order valence-electron chi connectivity index (χ3n) is 3.43. The lowest BCUT2D eigenvalue weighted by Crippen LogP contribution is -2.21. The molecule has 8 nitrogen and oxygen atoms in total. The topological polar surface area (TPSA) is 103 Å². The van der Waals surface area contributed by atoms with Crippen LogP contribution in [0, 0.1) is 0 Å². The van der Waals surface area contributed by atoms with Crippen LogP contribution in [-0.2, 0) is 14.3 Å². The minimum absolute atomic E-state index is 0.216. The van der Waals surface area contributed by atoms with Gasteiger partial charge in [-0.2, -0.15) is 0 Å². The summed E-state index contributed by atoms with van der Waals surface area (Å²) in [6.07, 6.45) is 0. The van der Waals surface area contributed by atoms with Crippen LogP contribution in [0.1, 0.15) is 17.3 Å². The third kappa shape index (κ3) is 5.74. The van der Waals surface area contributed by atoms with Crippen molar-refractivity contribution in [1.82, 2.24) is 0 Å². The number of ether oxygens (including phenoxy) is 3. The average Bonchev–Trinajstić information content (AvgIpc) is 2.65. The lowest BCUT2D eigenvalue weighted by Gasteiger charge is -2.12. The van der Waals surface area contributed by atoms with Crippen molar-refractivity contribution in [1.29, 1.82) is 0 Å². The molecular weight excluding hydrogens is 352 g/mol. The molecule has 0 aliphatic heterocycles. The number of benzene rings is 2. The number of nitrogens with one attached hydrogen (secondary N) is 2. The first-order valence-corrected chi connectivity index (χ1v) is 7.99. The summed E-state index contributed by atoms with van der Waals surface area (Å²) in [4.78, 5) is 35.3. The maximum absolute atomic E-state index is 12.1. The van der Waals surface area contributed by atoms with Gasteiger partial charge in [-0.3, -0.25) is 9.59 Å². The van der Waals surface area contributed by atoms with Gasteiger partial charge >= 0.3 is 5.97 Å². The van der Waals surface area contributed by atoms with Crippen LogP contribution in [0.4, 0.5) is 11.4 Å². The Kier molecular flexibility index (Phi) is 6.76. The van der Waals surface area contributed by atoms with Gasteiger partial charge in [-0.1, -0.05) is 6.07 Å². The zero-order chi connectivity index (χ0) is 19.8. The van der Waals surface area contributed by atoms with E-state index in [1.54, 1.807) is 30.3 Å². The van der Waals surface area contributed by atoms with Crippen LogP contribution in [0.2, 0.25) is 0 Å². The monoisotopic (exact) mass is 372 g/mol. The van der Waals surface area contributed by atoms with Crippen molar-refractivity contribution in [3.8, 4) is 11.5 Å². The number of hydrogen-bond acceptors (Lipinski definition) is 6. The normalized spacial score (nSPS) is 9.89. The molecular formula is C19H20N2O6. The second-order valence-corrected chi connectivity index (χ2v) is 5.45. The molecule has 0 fully saturated rings. The summed E-state index contributed by atoms with van der Waals surface area (Å²) in [5.41, 5.74) is 1.07. The summed E-state index contributed by atoms with van der Waals surface area (Å²) in [6, 6.07) is 11.2. The minimum Gasteiger partial charge on any atom is -0.497 e. The van der Waals surface area contributed by atoms with E-state index >= 15 is 0 Å². The Morgan fingerprint density at radius 1 is 0.963 bits per heavy atom. The Bertz CT molecular complexity index is 850. The van der Waals surface area contributed by atoms with Crippen LogP contribution in [0.15, 0.2) is 42.5 Å². The summed E-state index contributed by atoms with van der Waals surface area (Å²) < 4.78 is 15.3. The molecule has 0 bridgehead atoms.